The van der Waals surface area contributed by atoms with Crippen LogP contribution in [0.2, 0.25) is 0 Å². The van der Waals surface area contributed by atoms with Crippen molar-refractivity contribution in [1.29, 1.82) is 0 Å². The Kier molecular flexibility index (Phi) is 4.58. The zero-order valence-electron chi connectivity index (χ0n) is 12.9. The molecule has 1 fully saturated rings. The third-order valence-corrected chi connectivity index (χ3v) is 4.96. The quantitative estimate of drug-likeness (QED) is 0.921. The molecule has 0 radical (unpaired) electrons. The maximum absolute atomic E-state index is 4.81. The molecule has 0 amide bonds. The molecule has 114 valence electrons. The monoisotopic (exact) mass is 304 g/mol. The van der Waals surface area contributed by atoms with Gasteiger partial charge in [-0.05, 0) is 43.0 Å². The van der Waals surface area contributed by atoms with Crippen LogP contribution in [-0.2, 0) is 0 Å². The minimum Gasteiger partial charge on any atom is -0.356 e. The number of hydrogen-bond acceptors (Lipinski definition) is 5. The van der Waals surface area contributed by atoms with Gasteiger partial charge in [-0.2, -0.15) is 4.98 Å². The second-order valence-electron chi connectivity index (χ2n) is 5.96. The van der Waals surface area contributed by atoms with E-state index in [4.69, 9.17) is 4.98 Å². The number of rotatable bonds is 4. The van der Waals surface area contributed by atoms with Crippen LogP contribution in [-0.4, -0.2) is 29.6 Å². The fourth-order valence-corrected chi connectivity index (χ4v) is 3.63. The smallest absolute Gasteiger partial charge is 0.226 e. The molecule has 4 nitrogen and oxygen atoms in total. The summed E-state index contributed by atoms with van der Waals surface area (Å²) in [5.74, 6) is 2.72. The molecule has 2 aromatic heterocycles. The van der Waals surface area contributed by atoms with Crippen LogP contribution in [0.1, 0.15) is 39.5 Å². The summed E-state index contributed by atoms with van der Waals surface area (Å²) in [5.41, 5.74) is 0. The van der Waals surface area contributed by atoms with E-state index in [1.165, 1.54) is 24.6 Å². The van der Waals surface area contributed by atoms with Crippen LogP contribution in [0.5, 0.6) is 0 Å². The Bertz CT molecular complexity index is 595. The average Bonchev–Trinajstić information content (AvgIpc) is 2.86. The van der Waals surface area contributed by atoms with E-state index in [1.54, 1.807) is 11.3 Å². The molecule has 5 heteroatoms. The van der Waals surface area contributed by atoms with Gasteiger partial charge in [0.25, 0.3) is 0 Å². The number of hydrogen-bond donors (Lipinski definition) is 1. The number of aromatic nitrogens is 2. The first-order valence-corrected chi connectivity index (χ1v) is 8.90. The van der Waals surface area contributed by atoms with Crippen molar-refractivity contribution in [3.63, 3.8) is 0 Å². The van der Waals surface area contributed by atoms with E-state index in [2.05, 4.69) is 40.5 Å². The lowest BCUT2D eigenvalue weighted by atomic mass is 10.0. The predicted octanol–water partition coefficient (Wildman–Crippen LogP) is 4.14. The highest BCUT2D eigenvalue weighted by atomic mass is 32.1. The van der Waals surface area contributed by atoms with Crippen molar-refractivity contribution in [2.24, 2.45) is 5.92 Å². The average molecular weight is 304 g/mol. The van der Waals surface area contributed by atoms with Gasteiger partial charge in [0.2, 0.25) is 5.95 Å². The van der Waals surface area contributed by atoms with Crippen molar-refractivity contribution < 1.29 is 0 Å². The van der Waals surface area contributed by atoms with Gasteiger partial charge >= 0.3 is 0 Å². The van der Waals surface area contributed by atoms with Gasteiger partial charge in [0, 0.05) is 19.6 Å². The van der Waals surface area contributed by atoms with Crippen LogP contribution in [0.15, 0.2) is 11.4 Å². The highest BCUT2D eigenvalue weighted by Gasteiger charge is 2.19. The first-order valence-electron chi connectivity index (χ1n) is 8.02. The summed E-state index contributed by atoms with van der Waals surface area (Å²) in [6.45, 7) is 7.66. The van der Waals surface area contributed by atoms with E-state index in [9.17, 15) is 0 Å². The van der Waals surface area contributed by atoms with Crippen LogP contribution in [0.4, 0.5) is 11.8 Å². The summed E-state index contributed by atoms with van der Waals surface area (Å²) in [6.07, 6.45) is 4.93. The number of anilines is 2. The zero-order chi connectivity index (χ0) is 14.7. The summed E-state index contributed by atoms with van der Waals surface area (Å²) in [5, 5.41) is 6.66. The molecule has 0 saturated carbocycles. The molecule has 0 bridgehead atoms. The maximum atomic E-state index is 4.81. The summed E-state index contributed by atoms with van der Waals surface area (Å²) in [7, 11) is 0. The molecule has 0 spiro atoms. The highest BCUT2D eigenvalue weighted by Crippen LogP contribution is 2.31. The van der Waals surface area contributed by atoms with E-state index in [0.717, 1.165) is 48.6 Å². The number of fused-ring (bicyclic) bond motifs is 1. The van der Waals surface area contributed by atoms with Crippen LogP contribution in [0.25, 0.3) is 10.2 Å². The van der Waals surface area contributed by atoms with E-state index in [-0.39, 0.29) is 0 Å². The second kappa shape index (κ2) is 6.60. The van der Waals surface area contributed by atoms with Crippen molar-refractivity contribution in [1.82, 2.24) is 9.97 Å². The summed E-state index contributed by atoms with van der Waals surface area (Å²) >= 11 is 1.70. The molecule has 21 heavy (non-hydrogen) atoms. The van der Waals surface area contributed by atoms with Crippen LogP contribution < -0.4 is 10.2 Å². The Hall–Kier alpha value is -1.36. The second-order valence-corrected chi connectivity index (χ2v) is 6.85. The first-order chi connectivity index (χ1) is 10.3. The number of nitrogens with zero attached hydrogens (tertiary/aromatic N) is 3. The molecule has 1 aliphatic rings. The first kappa shape index (κ1) is 14.6. The fraction of sp³-hybridized carbons (Fsp3) is 0.625. The topological polar surface area (TPSA) is 41.1 Å². The normalized spacial score (nSPS) is 19.7. The van der Waals surface area contributed by atoms with Crippen LogP contribution in [0.3, 0.4) is 0 Å². The molecular weight excluding hydrogens is 280 g/mol. The molecule has 3 heterocycles. The minimum absolute atomic E-state index is 0.777. The standard InChI is InChI=1S/C16H24N4S/c1-3-8-17-16-18-14(13-7-11-21-15(13)19-16)20-9-4-5-12(2)6-10-20/h7,11-12H,3-6,8-10H2,1-2H3,(H,17,18,19). The Labute approximate surface area is 130 Å². The third kappa shape index (κ3) is 3.28. The van der Waals surface area contributed by atoms with Crippen molar-refractivity contribution in [3.05, 3.63) is 11.4 Å². The lowest BCUT2D eigenvalue weighted by Gasteiger charge is -2.23. The molecule has 0 aromatic carbocycles. The van der Waals surface area contributed by atoms with Gasteiger partial charge in [-0.15, -0.1) is 11.3 Å². The van der Waals surface area contributed by atoms with Gasteiger partial charge in [0.1, 0.15) is 10.6 Å². The van der Waals surface area contributed by atoms with Gasteiger partial charge in [-0.3, -0.25) is 0 Å². The van der Waals surface area contributed by atoms with Crippen molar-refractivity contribution in [3.8, 4) is 0 Å². The molecule has 0 aliphatic carbocycles. The van der Waals surface area contributed by atoms with Crippen molar-refractivity contribution in [2.45, 2.75) is 39.5 Å². The lowest BCUT2D eigenvalue weighted by Crippen LogP contribution is -2.25. The Balaban J connectivity index is 1.93. The van der Waals surface area contributed by atoms with E-state index < -0.39 is 0 Å². The van der Waals surface area contributed by atoms with Crippen molar-refractivity contribution >= 4 is 33.3 Å². The van der Waals surface area contributed by atoms with Crippen LogP contribution in [0, 0.1) is 5.92 Å². The van der Waals surface area contributed by atoms with Gasteiger partial charge in [0.15, 0.2) is 0 Å². The lowest BCUT2D eigenvalue weighted by molar-refractivity contribution is 0.521. The minimum atomic E-state index is 0.777. The summed E-state index contributed by atoms with van der Waals surface area (Å²) in [6, 6.07) is 2.16. The van der Waals surface area contributed by atoms with Gasteiger partial charge in [-0.25, -0.2) is 4.98 Å². The van der Waals surface area contributed by atoms with E-state index in [0.29, 0.717) is 0 Å². The molecule has 1 aliphatic heterocycles. The Morgan fingerprint density at radius 3 is 3.10 bits per heavy atom. The molecular formula is C16H24N4S. The predicted molar refractivity (Wildman–Crippen MR) is 91.4 cm³/mol. The molecule has 2 aromatic rings. The summed E-state index contributed by atoms with van der Waals surface area (Å²) < 4.78 is 0. The zero-order valence-corrected chi connectivity index (χ0v) is 13.7. The number of thiophene rings is 1. The van der Waals surface area contributed by atoms with Crippen LogP contribution >= 0.6 is 11.3 Å². The molecule has 1 unspecified atom stereocenters. The van der Waals surface area contributed by atoms with Gasteiger partial charge in [0.05, 0.1) is 5.39 Å². The number of nitrogens with one attached hydrogen (secondary N) is 1. The Morgan fingerprint density at radius 1 is 1.33 bits per heavy atom. The van der Waals surface area contributed by atoms with Gasteiger partial charge < -0.3 is 10.2 Å². The maximum Gasteiger partial charge on any atom is 0.226 e. The molecule has 1 atom stereocenters. The largest absolute Gasteiger partial charge is 0.356 e. The molecule has 1 saturated heterocycles. The fourth-order valence-electron chi connectivity index (χ4n) is 2.87. The highest BCUT2D eigenvalue weighted by molar-refractivity contribution is 7.16. The van der Waals surface area contributed by atoms with Gasteiger partial charge in [-0.1, -0.05) is 13.8 Å². The van der Waals surface area contributed by atoms with E-state index in [1.807, 2.05) is 0 Å². The SMILES string of the molecule is CCCNc1nc(N2CCCC(C)CC2)c2ccsc2n1. The van der Waals surface area contributed by atoms with E-state index >= 15 is 0 Å². The summed E-state index contributed by atoms with van der Waals surface area (Å²) in [4.78, 5) is 13.0. The Morgan fingerprint density at radius 2 is 2.24 bits per heavy atom. The molecule has 3 rings (SSSR count). The van der Waals surface area contributed by atoms with Crippen molar-refractivity contribution in [2.75, 3.05) is 29.9 Å². The third-order valence-electron chi connectivity index (χ3n) is 4.15. The molecule has 1 N–H and O–H groups in total.